The standard InChI is InChI=1S/C19H23NO3/c1-3-22-15-7-4-11-10-13-12-5-6-14(21)18-19(12,8-9-20(13)2)16(11)17(15)23-18/h4-7,12-14,18,21H,3,8-10H2,1-2H3/t12?,13-,14?,18?,19+/m1/s1. The summed E-state index contributed by atoms with van der Waals surface area (Å²) in [6, 6.07) is 4.75. The Morgan fingerprint density at radius 2 is 2.26 bits per heavy atom. The van der Waals surface area contributed by atoms with Crippen molar-refractivity contribution in [2.45, 2.75) is 43.4 Å². The number of rotatable bonds is 2. The molecule has 0 saturated carbocycles. The lowest BCUT2D eigenvalue weighted by molar-refractivity contribution is -0.0453. The molecule has 5 atom stereocenters. The Bertz CT molecular complexity index is 700. The van der Waals surface area contributed by atoms with Crippen molar-refractivity contribution >= 4 is 0 Å². The van der Waals surface area contributed by atoms with Crippen LogP contribution in [0.15, 0.2) is 24.3 Å². The first-order valence-corrected chi connectivity index (χ1v) is 8.69. The number of likely N-dealkylation sites (N-methyl/N-ethyl adjacent to an activating group) is 1. The summed E-state index contributed by atoms with van der Waals surface area (Å²) in [7, 11) is 2.22. The SMILES string of the molecule is CCOc1ccc2c3c1OC1C(O)C=CC4[C@@H](C2)N(C)CC[C@]314. The van der Waals surface area contributed by atoms with Gasteiger partial charge in [0.05, 0.1) is 6.61 Å². The molecule has 4 aliphatic rings. The van der Waals surface area contributed by atoms with Crippen LogP contribution in [-0.4, -0.2) is 48.5 Å². The maximum Gasteiger partial charge on any atom is 0.165 e. The molecule has 4 heteroatoms. The zero-order valence-corrected chi connectivity index (χ0v) is 13.7. The van der Waals surface area contributed by atoms with Crippen LogP contribution in [-0.2, 0) is 11.8 Å². The fourth-order valence-corrected chi connectivity index (χ4v) is 5.50. The first kappa shape index (κ1) is 13.9. The minimum atomic E-state index is -0.539. The van der Waals surface area contributed by atoms with Gasteiger partial charge >= 0.3 is 0 Å². The Morgan fingerprint density at radius 1 is 1.39 bits per heavy atom. The van der Waals surface area contributed by atoms with Crippen LogP contribution in [0.1, 0.15) is 24.5 Å². The van der Waals surface area contributed by atoms with Gasteiger partial charge in [-0.25, -0.2) is 0 Å². The van der Waals surface area contributed by atoms with Gasteiger partial charge in [-0.15, -0.1) is 0 Å². The van der Waals surface area contributed by atoms with Crippen LogP contribution in [0.25, 0.3) is 0 Å². The second-order valence-corrected chi connectivity index (χ2v) is 7.34. The molecule has 2 bridgehead atoms. The highest BCUT2D eigenvalue weighted by molar-refractivity contribution is 5.62. The molecule has 23 heavy (non-hydrogen) atoms. The van der Waals surface area contributed by atoms with E-state index in [1.165, 1.54) is 11.1 Å². The lowest BCUT2D eigenvalue weighted by Gasteiger charge is -2.56. The first-order valence-electron chi connectivity index (χ1n) is 8.69. The molecule has 5 rings (SSSR count). The van der Waals surface area contributed by atoms with Gasteiger partial charge in [0.25, 0.3) is 0 Å². The Kier molecular flexibility index (Phi) is 2.73. The predicted molar refractivity (Wildman–Crippen MR) is 87.1 cm³/mol. The topological polar surface area (TPSA) is 41.9 Å². The van der Waals surface area contributed by atoms with Gasteiger partial charge in [-0.05, 0) is 45.0 Å². The largest absolute Gasteiger partial charge is 0.490 e. The van der Waals surface area contributed by atoms with Crippen LogP contribution < -0.4 is 9.47 Å². The van der Waals surface area contributed by atoms with Gasteiger partial charge in [0.1, 0.15) is 12.2 Å². The summed E-state index contributed by atoms with van der Waals surface area (Å²) in [6.07, 6.45) is 5.56. The third-order valence-electron chi connectivity index (χ3n) is 6.43. The van der Waals surface area contributed by atoms with Crippen LogP contribution in [0.5, 0.6) is 11.5 Å². The van der Waals surface area contributed by atoms with Gasteiger partial charge in [-0.2, -0.15) is 0 Å². The normalized spacial score (nSPS) is 39.8. The molecule has 2 aliphatic heterocycles. The van der Waals surface area contributed by atoms with Crippen molar-refractivity contribution < 1.29 is 14.6 Å². The van der Waals surface area contributed by atoms with Gasteiger partial charge in [-0.1, -0.05) is 18.2 Å². The zero-order chi connectivity index (χ0) is 15.8. The smallest absolute Gasteiger partial charge is 0.165 e. The predicted octanol–water partition coefficient (Wildman–Crippen LogP) is 1.89. The van der Waals surface area contributed by atoms with E-state index in [4.69, 9.17) is 9.47 Å². The highest BCUT2D eigenvalue weighted by Crippen LogP contribution is 2.62. The molecule has 2 heterocycles. The maximum atomic E-state index is 10.6. The molecule has 1 N–H and O–H groups in total. The number of hydrogen-bond acceptors (Lipinski definition) is 4. The average Bonchev–Trinajstić information content (AvgIpc) is 2.90. The average molecular weight is 313 g/mol. The summed E-state index contributed by atoms with van der Waals surface area (Å²) in [6.45, 7) is 3.68. The Hall–Kier alpha value is -1.52. The van der Waals surface area contributed by atoms with Crippen LogP contribution in [0.4, 0.5) is 0 Å². The Labute approximate surface area is 136 Å². The van der Waals surface area contributed by atoms with Crippen molar-refractivity contribution in [2.75, 3.05) is 20.2 Å². The van der Waals surface area contributed by atoms with E-state index in [-0.39, 0.29) is 11.5 Å². The summed E-state index contributed by atoms with van der Waals surface area (Å²) < 4.78 is 12.2. The van der Waals surface area contributed by atoms with Crippen LogP contribution in [0.2, 0.25) is 0 Å². The van der Waals surface area contributed by atoms with Gasteiger partial charge in [0.15, 0.2) is 11.5 Å². The fourth-order valence-electron chi connectivity index (χ4n) is 5.50. The highest BCUT2D eigenvalue weighted by Gasteiger charge is 2.64. The number of aliphatic hydroxyl groups excluding tert-OH is 1. The van der Waals surface area contributed by atoms with E-state index in [0.717, 1.165) is 30.9 Å². The molecule has 1 fully saturated rings. The van der Waals surface area contributed by atoms with Crippen molar-refractivity contribution in [3.05, 3.63) is 35.4 Å². The molecule has 1 aromatic rings. The van der Waals surface area contributed by atoms with E-state index < -0.39 is 6.10 Å². The number of piperidine rings is 1. The third-order valence-corrected chi connectivity index (χ3v) is 6.43. The van der Waals surface area contributed by atoms with Gasteiger partial charge in [0.2, 0.25) is 0 Å². The van der Waals surface area contributed by atoms with E-state index >= 15 is 0 Å². The van der Waals surface area contributed by atoms with Crippen LogP contribution >= 0.6 is 0 Å². The van der Waals surface area contributed by atoms with Crippen molar-refractivity contribution in [2.24, 2.45) is 5.92 Å². The summed E-state index contributed by atoms with van der Waals surface area (Å²) >= 11 is 0. The number of ether oxygens (including phenoxy) is 2. The molecule has 0 radical (unpaired) electrons. The van der Waals surface area contributed by atoms with E-state index in [0.29, 0.717) is 18.6 Å². The second-order valence-electron chi connectivity index (χ2n) is 7.34. The number of nitrogens with zero attached hydrogens (tertiary/aromatic N) is 1. The van der Waals surface area contributed by atoms with Crippen molar-refractivity contribution in [3.8, 4) is 11.5 Å². The van der Waals surface area contributed by atoms with E-state index in [9.17, 15) is 5.11 Å². The van der Waals surface area contributed by atoms with E-state index in [1.54, 1.807) is 0 Å². The van der Waals surface area contributed by atoms with Gasteiger partial charge in [0, 0.05) is 22.9 Å². The summed E-state index contributed by atoms with van der Waals surface area (Å²) in [5.74, 6) is 2.14. The zero-order valence-electron chi connectivity index (χ0n) is 13.7. The van der Waals surface area contributed by atoms with Crippen molar-refractivity contribution in [1.29, 1.82) is 0 Å². The van der Waals surface area contributed by atoms with Crippen molar-refractivity contribution in [3.63, 3.8) is 0 Å². The fraction of sp³-hybridized carbons (Fsp3) is 0.579. The molecule has 1 spiro atoms. The Balaban J connectivity index is 1.78. The van der Waals surface area contributed by atoms with Crippen molar-refractivity contribution in [1.82, 2.24) is 4.90 Å². The maximum absolute atomic E-state index is 10.6. The molecule has 3 unspecified atom stereocenters. The van der Waals surface area contributed by atoms with Crippen LogP contribution in [0.3, 0.4) is 0 Å². The highest BCUT2D eigenvalue weighted by atomic mass is 16.5. The van der Waals surface area contributed by atoms with Crippen LogP contribution in [0, 0.1) is 5.92 Å². The number of hydrogen-bond donors (Lipinski definition) is 1. The minimum absolute atomic E-state index is 0.0820. The molecule has 4 nitrogen and oxygen atoms in total. The monoisotopic (exact) mass is 313 g/mol. The lowest BCUT2D eigenvalue weighted by atomic mass is 9.53. The molecule has 1 saturated heterocycles. The molecule has 1 aromatic carbocycles. The quantitative estimate of drug-likeness (QED) is 0.847. The summed E-state index contributed by atoms with van der Waals surface area (Å²) in [5.41, 5.74) is 2.62. The molecule has 0 aromatic heterocycles. The third kappa shape index (κ3) is 1.54. The molecular formula is C19H23NO3. The van der Waals surface area contributed by atoms with Gasteiger partial charge in [-0.3, -0.25) is 0 Å². The summed E-state index contributed by atoms with van der Waals surface area (Å²) in [4.78, 5) is 2.48. The molecule has 122 valence electrons. The second kappa shape index (κ2) is 4.52. The summed E-state index contributed by atoms with van der Waals surface area (Å²) in [5, 5.41) is 10.6. The number of benzene rings is 1. The van der Waals surface area contributed by atoms with Gasteiger partial charge < -0.3 is 19.5 Å². The van der Waals surface area contributed by atoms with E-state index in [1.807, 2.05) is 19.1 Å². The molecule has 0 amide bonds. The number of likely N-dealkylation sites (tertiary alicyclic amines) is 1. The first-order chi connectivity index (χ1) is 11.2. The molecule has 2 aliphatic carbocycles. The minimum Gasteiger partial charge on any atom is -0.490 e. The Morgan fingerprint density at radius 3 is 3.09 bits per heavy atom. The molecular weight excluding hydrogens is 290 g/mol. The lowest BCUT2D eigenvalue weighted by Crippen LogP contribution is -2.64. The van der Waals surface area contributed by atoms with E-state index in [2.05, 4.69) is 24.1 Å². The number of aliphatic hydroxyl groups is 1.